The first-order valence-corrected chi connectivity index (χ1v) is 7.23. The minimum absolute atomic E-state index is 0.383. The Bertz CT molecular complexity index is 377. The smallest absolute Gasteiger partial charge is 0.118 e. The molecule has 1 aliphatic rings. The molecule has 2 rings (SSSR count). The van der Waals surface area contributed by atoms with Gasteiger partial charge in [-0.1, -0.05) is 19.1 Å². The molecule has 0 aromatic heterocycles. The van der Waals surface area contributed by atoms with Gasteiger partial charge < -0.3 is 14.8 Å². The van der Waals surface area contributed by atoms with Crippen molar-refractivity contribution in [3.8, 4) is 5.75 Å². The van der Waals surface area contributed by atoms with Crippen LogP contribution in [0.5, 0.6) is 5.75 Å². The van der Waals surface area contributed by atoms with Crippen molar-refractivity contribution in [2.24, 2.45) is 5.92 Å². The first kappa shape index (κ1) is 14.4. The van der Waals surface area contributed by atoms with Gasteiger partial charge in [0, 0.05) is 12.0 Å². The molecule has 0 bridgehead atoms. The van der Waals surface area contributed by atoms with Crippen LogP contribution in [-0.2, 0) is 4.74 Å². The number of ether oxygens (including phenoxy) is 2. The van der Waals surface area contributed by atoms with Crippen LogP contribution in [-0.4, -0.2) is 26.4 Å². The zero-order chi connectivity index (χ0) is 13.7. The Morgan fingerprint density at radius 3 is 2.63 bits per heavy atom. The summed E-state index contributed by atoms with van der Waals surface area (Å²) in [6.45, 7) is 6.26. The molecule has 1 fully saturated rings. The van der Waals surface area contributed by atoms with Gasteiger partial charge in [0.2, 0.25) is 0 Å². The van der Waals surface area contributed by atoms with Crippen LogP contribution in [0.2, 0.25) is 0 Å². The molecule has 1 heterocycles. The van der Waals surface area contributed by atoms with Gasteiger partial charge in [-0.2, -0.15) is 0 Å². The zero-order valence-electron chi connectivity index (χ0n) is 12.2. The summed E-state index contributed by atoms with van der Waals surface area (Å²) >= 11 is 0. The molecular weight excluding hydrogens is 238 g/mol. The molecule has 1 N–H and O–H groups in total. The monoisotopic (exact) mass is 263 g/mol. The van der Waals surface area contributed by atoms with E-state index in [1.54, 1.807) is 7.11 Å². The van der Waals surface area contributed by atoms with Gasteiger partial charge in [0.05, 0.1) is 19.8 Å². The molecule has 1 aromatic carbocycles. The summed E-state index contributed by atoms with van der Waals surface area (Å²) in [5.41, 5.74) is 1.33. The van der Waals surface area contributed by atoms with Crippen LogP contribution < -0.4 is 10.1 Å². The van der Waals surface area contributed by atoms with Gasteiger partial charge in [0.1, 0.15) is 5.75 Å². The fourth-order valence-corrected chi connectivity index (χ4v) is 2.75. The molecule has 0 amide bonds. The molecule has 1 aliphatic heterocycles. The van der Waals surface area contributed by atoms with Crippen LogP contribution in [0.4, 0.5) is 0 Å². The van der Waals surface area contributed by atoms with E-state index in [1.165, 1.54) is 5.56 Å². The average Bonchev–Trinajstić information content (AvgIpc) is 2.86. The van der Waals surface area contributed by atoms with Crippen molar-refractivity contribution in [3.63, 3.8) is 0 Å². The van der Waals surface area contributed by atoms with E-state index in [9.17, 15) is 0 Å². The van der Waals surface area contributed by atoms with Crippen LogP contribution in [0.15, 0.2) is 24.3 Å². The molecule has 3 heteroatoms. The lowest BCUT2D eigenvalue weighted by Crippen LogP contribution is -2.29. The Hall–Kier alpha value is -1.06. The second kappa shape index (κ2) is 6.92. The van der Waals surface area contributed by atoms with E-state index in [2.05, 4.69) is 31.3 Å². The van der Waals surface area contributed by atoms with Gasteiger partial charge in [-0.15, -0.1) is 0 Å². The summed E-state index contributed by atoms with van der Waals surface area (Å²) in [7, 11) is 1.70. The van der Waals surface area contributed by atoms with Crippen molar-refractivity contribution in [2.75, 3.05) is 20.3 Å². The lowest BCUT2D eigenvalue weighted by Gasteiger charge is -2.24. The van der Waals surface area contributed by atoms with E-state index in [0.717, 1.165) is 31.7 Å². The van der Waals surface area contributed by atoms with Crippen LogP contribution in [0.25, 0.3) is 0 Å². The summed E-state index contributed by atoms with van der Waals surface area (Å²) in [6.07, 6.45) is 2.66. The molecule has 1 aromatic rings. The van der Waals surface area contributed by atoms with Crippen LogP contribution in [0.1, 0.15) is 38.3 Å². The molecule has 0 aliphatic carbocycles. The van der Waals surface area contributed by atoms with Crippen molar-refractivity contribution in [2.45, 2.75) is 38.8 Å². The van der Waals surface area contributed by atoms with Crippen molar-refractivity contribution >= 4 is 0 Å². The quantitative estimate of drug-likeness (QED) is 0.855. The van der Waals surface area contributed by atoms with Gasteiger partial charge >= 0.3 is 0 Å². The molecule has 106 valence electrons. The predicted molar refractivity (Wildman–Crippen MR) is 77.5 cm³/mol. The third-order valence-electron chi connectivity index (χ3n) is 3.79. The van der Waals surface area contributed by atoms with Gasteiger partial charge in [-0.05, 0) is 44.0 Å². The van der Waals surface area contributed by atoms with E-state index in [4.69, 9.17) is 9.47 Å². The molecule has 0 saturated carbocycles. The Kier molecular flexibility index (Phi) is 5.23. The highest BCUT2D eigenvalue weighted by atomic mass is 16.5. The minimum Gasteiger partial charge on any atom is -0.497 e. The maximum absolute atomic E-state index is 5.73. The maximum Gasteiger partial charge on any atom is 0.118 e. The molecule has 3 nitrogen and oxygen atoms in total. The minimum atomic E-state index is 0.383. The summed E-state index contributed by atoms with van der Waals surface area (Å²) in [5.74, 6) is 1.48. The van der Waals surface area contributed by atoms with Gasteiger partial charge in [-0.25, -0.2) is 0 Å². The van der Waals surface area contributed by atoms with Crippen molar-refractivity contribution in [1.29, 1.82) is 0 Å². The number of benzene rings is 1. The highest BCUT2D eigenvalue weighted by Gasteiger charge is 2.30. The van der Waals surface area contributed by atoms with E-state index >= 15 is 0 Å². The summed E-state index contributed by atoms with van der Waals surface area (Å²) in [4.78, 5) is 0. The molecule has 0 spiro atoms. The first-order chi connectivity index (χ1) is 9.24. The third kappa shape index (κ3) is 3.71. The molecular formula is C16H25NO2. The van der Waals surface area contributed by atoms with Gasteiger partial charge in [0.25, 0.3) is 0 Å². The SMILES string of the molecule is CCCNC(c1ccc(OC)cc1)C1COC(C)C1. The van der Waals surface area contributed by atoms with Crippen molar-refractivity contribution in [1.82, 2.24) is 5.32 Å². The first-order valence-electron chi connectivity index (χ1n) is 7.23. The number of nitrogens with one attached hydrogen (secondary N) is 1. The molecule has 3 unspecified atom stereocenters. The predicted octanol–water partition coefficient (Wildman–Crippen LogP) is 3.16. The molecule has 1 saturated heterocycles. The van der Waals surface area contributed by atoms with Gasteiger partial charge in [0.15, 0.2) is 0 Å². The lowest BCUT2D eigenvalue weighted by atomic mass is 9.91. The zero-order valence-corrected chi connectivity index (χ0v) is 12.2. The van der Waals surface area contributed by atoms with E-state index in [-0.39, 0.29) is 0 Å². The number of rotatable bonds is 6. The Balaban J connectivity index is 2.11. The van der Waals surface area contributed by atoms with E-state index in [1.807, 2.05) is 12.1 Å². The average molecular weight is 263 g/mol. The number of hydrogen-bond donors (Lipinski definition) is 1. The van der Waals surface area contributed by atoms with Crippen LogP contribution >= 0.6 is 0 Å². The van der Waals surface area contributed by atoms with Crippen LogP contribution in [0.3, 0.4) is 0 Å². The number of methoxy groups -OCH3 is 1. The van der Waals surface area contributed by atoms with Crippen LogP contribution in [0, 0.1) is 5.92 Å². The highest BCUT2D eigenvalue weighted by molar-refractivity contribution is 5.29. The Morgan fingerprint density at radius 2 is 2.11 bits per heavy atom. The molecule has 19 heavy (non-hydrogen) atoms. The molecule has 3 atom stereocenters. The maximum atomic E-state index is 5.73. The standard InChI is InChI=1S/C16H25NO2/c1-4-9-17-16(14-10-12(2)19-11-14)13-5-7-15(18-3)8-6-13/h5-8,12,14,16-17H,4,9-11H2,1-3H3. The Morgan fingerprint density at radius 1 is 1.37 bits per heavy atom. The fraction of sp³-hybridized carbons (Fsp3) is 0.625. The highest BCUT2D eigenvalue weighted by Crippen LogP contribution is 2.32. The largest absolute Gasteiger partial charge is 0.497 e. The van der Waals surface area contributed by atoms with E-state index < -0.39 is 0 Å². The lowest BCUT2D eigenvalue weighted by molar-refractivity contribution is 0.117. The normalized spacial score (nSPS) is 24.4. The molecule has 0 radical (unpaired) electrons. The summed E-state index contributed by atoms with van der Waals surface area (Å²) in [6, 6.07) is 8.78. The number of hydrogen-bond acceptors (Lipinski definition) is 3. The summed E-state index contributed by atoms with van der Waals surface area (Å²) < 4.78 is 11.0. The second-order valence-electron chi connectivity index (χ2n) is 5.34. The third-order valence-corrected chi connectivity index (χ3v) is 3.79. The van der Waals surface area contributed by atoms with Crippen molar-refractivity contribution < 1.29 is 9.47 Å². The Labute approximate surface area is 116 Å². The fourth-order valence-electron chi connectivity index (χ4n) is 2.75. The second-order valence-corrected chi connectivity index (χ2v) is 5.34. The summed E-state index contributed by atoms with van der Waals surface area (Å²) in [5, 5.41) is 3.66. The van der Waals surface area contributed by atoms with Crippen molar-refractivity contribution in [3.05, 3.63) is 29.8 Å². The topological polar surface area (TPSA) is 30.5 Å². The van der Waals surface area contributed by atoms with E-state index in [0.29, 0.717) is 18.1 Å². The van der Waals surface area contributed by atoms with Gasteiger partial charge in [-0.3, -0.25) is 0 Å².